The highest BCUT2D eigenvalue weighted by Gasteiger charge is 2.24. The van der Waals surface area contributed by atoms with Crippen LogP contribution in [0.1, 0.15) is 18.1 Å². The molecule has 174 valence electrons. The zero-order chi connectivity index (χ0) is 24.1. The van der Waals surface area contributed by atoms with Crippen molar-refractivity contribution in [3.8, 4) is 11.5 Å². The van der Waals surface area contributed by atoms with Crippen LogP contribution in [0.25, 0.3) is 6.08 Å². The summed E-state index contributed by atoms with van der Waals surface area (Å²) in [5.41, 5.74) is 2.16. The summed E-state index contributed by atoms with van der Waals surface area (Å²) in [5, 5.41) is 3.78. The van der Waals surface area contributed by atoms with E-state index in [1.165, 1.54) is 23.9 Å². The maximum absolute atomic E-state index is 13.1. The SMILES string of the molecule is CCOc1cc(/C=C2/SC(=Nc3ccc(F)cc3)NC2=O)cc(Br)c1OCc1ccccc1Cl. The predicted molar refractivity (Wildman–Crippen MR) is 138 cm³/mol. The number of ether oxygens (including phenoxy) is 2. The van der Waals surface area contributed by atoms with E-state index in [0.717, 1.165) is 11.1 Å². The van der Waals surface area contributed by atoms with Crippen LogP contribution in [-0.4, -0.2) is 17.7 Å². The van der Waals surface area contributed by atoms with Gasteiger partial charge in [0.2, 0.25) is 0 Å². The fourth-order valence-electron chi connectivity index (χ4n) is 3.10. The van der Waals surface area contributed by atoms with Crippen LogP contribution in [0.15, 0.2) is 75.0 Å². The number of hydrogen-bond acceptors (Lipinski definition) is 5. The zero-order valence-corrected chi connectivity index (χ0v) is 21.1. The van der Waals surface area contributed by atoms with Gasteiger partial charge in [-0.1, -0.05) is 29.8 Å². The normalized spacial score (nSPS) is 15.6. The van der Waals surface area contributed by atoms with Crippen LogP contribution < -0.4 is 14.8 Å². The van der Waals surface area contributed by atoms with Gasteiger partial charge >= 0.3 is 0 Å². The largest absolute Gasteiger partial charge is 0.490 e. The van der Waals surface area contributed by atoms with Crippen molar-refractivity contribution in [2.45, 2.75) is 13.5 Å². The zero-order valence-electron chi connectivity index (χ0n) is 18.0. The van der Waals surface area contributed by atoms with E-state index < -0.39 is 0 Å². The minimum Gasteiger partial charge on any atom is -0.490 e. The van der Waals surface area contributed by atoms with Crippen molar-refractivity contribution in [2.75, 3.05) is 6.61 Å². The number of benzene rings is 3. The van der Waals surface area contributed by atoms with Gasteiger partial charge < -0.3 is 14.8 Å². The first kappa shape index (κ1) is 24.3. The Kier molecular flexibility index (Phi) is 7.92. The van der Waals surface area contributed by atoms with Crippen LogP contribution in [0, 0.1) is 5.82 Å². The lowest BCUT2D eigenvalue weighted by molar-refractivity contribution is -0.115. The van der Waals surface area contributed by atoms with Crippen LogP contribution in [-0.2, 0) is 11.4 Å². The first-order valence-electron chi connectivity index (χ1n) is 10.3. The number of amidine groups is 1. The fourth-order valence-corrected chi connectivity index (χ4v) is 4.71. The van der Waals surface area contributed by atoms with Gasteiger partial charge in [0.05, 0.1) is 21.7 Å². The Morgan fingerprint density at radius 1 is 1.15 bits per heavy atom. The Hall–Kier alpha value is -2.81. The molecule has 0 saturated carbocycles. The third kappa shape index (κ3) is 6.00. The molecule has 0 unspecified atom stereocenters. The predicted octanol–water partition coefficient (Wildman–Crippen LogP) is 7.11. The number of rotatable bonds is 7. The lowest BCUT2D eigenvalue weighted by atomic mass is 10.1. The summed E-state index contributed by atoms with van der Waals surface area (Å²) in [6.07, 6.45) is 1.75. The third-order valence-electron chi connectivity index (χ3n) is 4.67. The molecule has 0 spiro atoms. The minimum atomic E-state index is -0.345. The number of thioether (sulfide) groups is 1. The summed E-state index contributed by atoms with van der Waals surface area (Å²) in [6.45, 7) is 2.61. The Bertz CT molecular complexity index is 1280. The highest BCUT2D eigenvalue weighted by Crippen LogP contribution is 2.39. The quantitative estimate of drug-likeness (QED) is 0.312. The number of aliphatic imine (C=N–C) groups is 1. The molecule has 1 amide bonds. The van der Waals surface area contributed by atoms with E-state index in [2.05, 4.69) is 26.2 Å². The van der Waals surface area contributed by atoms with Crippen LogP contribution in [0.2, 0.25) is 5.02 Å². The van der Waals surface area contributed by atoms with Gasteiger partial charge in [-0.15, -0.1) is 0 Å². The second kappa shape index (κ2) is 11.1. The summed E-state index contributed by atoms with van der Waals surface area (Å²) in [7, 11) is 0. The first-order chi connectivity index (χ1) is 16.4. The number of carbonyl (C=O) groups is 1. The molecule has 3 aromatic carbocycles. The Morgan fingerprint density at radius 2 is 1.91 bits per heavy atom. The summed E-state index contributed by atoms with van der Waals surface area (Å²) < 4.78 is 25.6. The molecule has 1 fully saturated rings. The molecule has 1 aliphatic rings. The van der Waals surface area contributed by atoms with Crippen molar-refractivity contribution in [1.29, 1.82) is 0 Å². The minimum absolute atomic E-state index is 0.265. The molecule has 9 heteroatoms. The number of nitrogens with one attached hydrogen (secondary N) is 1. The maximum Gasteiger partial charge on any atom is 0.264 e. The van der Waals surface area contributed by atoms with E-state index in [-0.39, 0.29) is 18.3 Å². The molecular formula is C25H19BrClFN2O3S. The lowest BCUT2D eigenvalue weighted by Gasteiger charge is -2.15. The van der Waals surface area contributed by atoms with Crippen molar-refractivity contribution in [3.05, 3.63) is 92.0 Å². The van der Waals surface area contributed by atoms with Crippen molar-refractivity contribution in [1.82, 2.24) is 5.32 Å². The van der Waals surface area contributed by atoms with Gasteiger partial charge in [0.25, 0.3) is 5.91 Å². The van der Waals surface area contributed by atoms with E-state index in [0.29, 0.717) is 43.4 Å². The molecule has 1 aliphatic heterocycles. The van der Waals surface area contributed by atoms with E-state index in [1.54, 1.807) is 18.2 Å². The summed E-state index contributed by atoms with van der Waals surface area (Å²) in [6, 6.07) is 16.9. The summed E-state index contributed by atoms with van der Waals surface area (Å²) in [5.74, 6) is 0.479. The maximum atomic E-state index is 13.1. The van der Waals surface area contributed by atoms with Crippen molar-refractivity contribution in [2.24, 2.45) is 4.99 Å². The average molecular weight is 562 g/mol. The number of nitrogens with zero attached hydrogens (tertiary/aromatic N) is 1. The van der Waals surface area contributed by atoms with Crippen LogP contribution >= 0.6 is 39.3 Å². The van der Waals surface area contributed by atoms with Gasteiger partial charge in [-0.05, 0) is 88.7 Å². The van der Waals surface area contributed by atoms with E-state index in [1.807, 2.05) is 43.3 Å². The van der Waals surface area contributed by atoms with Gasteiger partial charge in [-0.3, -0.25) is 4.79 Å². The second-order valence-electron chi connectivity index (χ2n) is 7.10. The molecule has 34 heavy (non-hydrogen) atoms. The van der Waals surface area contributed by atoms with Gasteiger partial charge in [0.15, 0.2) is 16.7 Å². The highest BCUT2D eigenvalue weighted by molar-refractivity contribution is 9.10. The van der Waals surface area contributed by atoms with Crippen molar-refractivity contribution in [3.63, 3.8) is 0 Å². The number of amides is 1. The molecule has 1 N–H and O–H groups in total. The highest BCUT2D eigenvalue weighted by atomic mass is 79.9. The van der Waals surface area contributed by atoms with Crippen LogP contribution in [0.3, 0.4) is 0 Å². The Balaban J connectivity index is 1.56. The van der Waals surface area contributed by atoms with E-state index >= 15 is 0 Å². The standard InChI is InChI=1S/C25H19BrClFN2O3S/c1-2-32-21-12-15(11-19(26)23(21)33-14-16-5-3-4-6-20(16)27)13-22-24(31)30-25(34-22)29-18-9-7-17(28)8-10-18/h3-13H,2,14H2,1H3,(H,29,30,31)/b22-13+. The van der Waals surface area contributed by atoms with E-state index in [4.69, 9.17) is 21.1 Å². The molecule has 0 radical (unpaired) electrons. The molecule has 0 atom stereocenters. The Labute approximate surface area is 214 Å². The second-order valence-corrected chi connectivity index (χ2v) is 9.39. The first-order valence-corrected chi connectivity index (χ1v) is 12.3. The molecule has 1 heterocycles. The molecule has 4 rings (SSSR count). The van der Waals surface area contributed by atoms with Gasteiger partial charge in [0.1, 0.15) is 12.4 Å². The molecule has 3 aromatic rings. The molecule has 5 nitrogen and oxygen atoms in total. The average Bonchev–Trinajstić information content (AvgIpc) is 3.14. The number of halogens is 3. The Morgan fingerprint density at radius 3 is 2.65 bits per heavy atom. The summed E-state index contributed by atoms with van der Waals surface area (Å²) >= 11 is 11.0. The monoisotopic (exact) mass is 560 g/mol. The molecule has 0 bridgehead atoms. The fraction of sp³-hybridized carbons (Fsp3) is 0.120. The van der Waals surface area contributed by atoms with Crippen LogP contribution in [0.4, 0.5) is 10.1 Å². The molecule has 1 saturated heterocycles. The van der Waals surface area contributed by atoms with Gasteiger partial charge in [0, 0.05) is 10.6 Å². The summed E-state index contributed by atoms with van der Waals surface area (Å²) in [4.78, 5) is 17.3. The topological polar surface area (TPSA) is 59.9 Å². The molecular weight excluding hydrogens is 543 g/mol. The molecule has 0 aromatic heterocycles. The third-order valence-corrected chi connectivity index (χ3v) is 6.54. The number of carbonyl (C=O) groups excluding carboxylic acids is 1. The van der Waals surface area contributed by atoms with Gasteiger partial charge in [-0.25, -0.2) is 9.38 Å². The van der Waals surface area contributed by atoms with Crippen LogP contribution in [0.5, 0.6) is 11.5 Å². The smallest absolute Gasteiger partial charge is 0.264 e. The van der Waals surface area contributed by atoms with Crippen molar-refractivity contribution < 1.29 is 18.7 Å². The lowest BCUT2D eigenvalue weighted by Crippen LogP contribution is -2.19. The number of hydrogen-bond donors (Lipinski definition) is 1. The van der Waals surface area contributed by atoms with Crippen molar-refractivity contribution >= 4 is 62.1 Å². The molecule has 0 aliphatic carbocycles. The van der Waals surface area contributed by atoms with Gasteiger partial charge in [-0.2, -0.15) is 0 Å². The van der Waals surface area contributed by atoms with E-state index in [9.17, 15) is 9.18 Å².